The molecule has 0 radical (unpaired) electrons. The molecule has 1 aromatic heterocycles. The second kappa shape index (κ2) is 4.36. The first-order valence-corrected chi connectivity index (χ1v) is 7.05. The van der Waals surface area contributed by atoms with E-state index < -0.39 is 0 Å². The largest absolute Gasteiger partial charge is 0.389 e. The third kappa shape index (κ3) is 2.40. The van der Waals surface area contributed by atoms with Gasteiger partial charge in [-0.1, -0.05) is 20.8 Å². The molecule has 3 heteroatoms. The molecule has 1 saturated carbocycles. The molecule has 0 amide bonds. The second-order valence-electron chi connectivity index (χ2n) is 6.02. The van der Waals surface area contributed by atoms with Gasteiger partial charge in [0.2, 0.25) is 0 Å². The summed E-state index contributed by atoms with van der Waals surface area (Å²) in [7, 11) is 0. The normalized spacial score (nSPS) is 26.9. The summed E-state index contributed by atoms with van der Waals surface area (Å²) in [4.78, 5) is 4.42. The Kier molecular flexibility index (Phi) is 3.24. The molecule has 1 aliphatic rings. The maximum absolute atomic E-state index is 5.95. The number of anilines is 1. The van der Waals surface area contributed by atoms with E-state index in [1.54, 1.807) is 11.3 Å². The summed E-state index contributed by atoms with van der Waals surface area (Å²) in [6.07, 6.45) is 5.17. The van der Waals surface area contributed by atoms with Gasteiger partial charge < -0.3 is 5.73 Å². The zero-order valence-electron chi connectivity index (χ0n) is 10.5. The van der Waals surface area contributed by atoms with E-state index in [0.29, 0.717) is 11.3 Å². The van der Waals surface area contributed by atoms with Crippen LogP contribution in [-0.4, -0.2) is 4.98 Å². The van der Waals surface area contributed by atoms with Crippen molar-refractivity contribution in [3.63, 3.8) is 0 Å². The van der Waals surface area contributed by atoms with Gasteiger partial charge in [-0.25, -0.2) is 4.98 Å². The van der Waals surface area contributed by atoms with Gasteiger partial charge in [0.1, 0.15) is 5.00 Å². The number of nitrogen functional groups attached to an aromatic ring is 1. The number of rotatable bonds is 1. The molecule has 0 aromatic carbocycles. The van der Waals surface area contributed by atoms with E-state index in [4.69, 9.17) is 5.73 Å². The summed E-state index contributed by atoms with van der Waals surface area (Å²) < 4.78 is 0. The Morgan fingerprint density at radius 1 is 1.25 bits per heavy atom. The van der Waals surface area contributed by atoms with Gasteiger partial charge in [-0.15, -0.1) is 11.3 Å². The smallest absolute Gasteiger partial charge is 0.109 e. The van der Waals surface area contributed by atoms with Crippen molar-refractivity contribution in [2.75, 3.05) is 5.73 Å². The Balaban J connectivity index is 1.98. The van der Waals surface area contributed by atoms with Crippen LogP contribution < -0.4 is 5.73 Å². The van der Waals surface area contributed by atoms with Crippen LogP contribution in [0.3, 0.4) is 0 Å². The lowest BCUT2D eigenvalue weighted by molar-refractivity contribution is 0.168. The first-order valence-electron chi connectivity index (χ1n) is 6.17. The van der Waals surface area contributed by atoms with Crippen LogP contribution in [0, 0.1) is 11.3 Å². The van der Waals surface area contributed by atoms with Crippen LogP contribution in [0.2, 0.25) is 0 Å². The van der Waals surface area contributed by atoms with Crippen molar-refractivity contribution in [1.82, 2.24) is 4.98 Å². The zero-order chi connectivity index (χ0) is 11.8. The summed E-state index contributed by atoms with van der Waals surface area (Å²) in [5, 5.41) is 0.930. The van der Waals surface area contributed by atoms with Gasteiger partial charge in [0.05, 0.1) is 11.2 Å². The highest BCUT2D eigenvalue weighted by molar-refractivity contribution is 7.13. The minimum Gasteiger partial charge on any atom is -0.389 e. The van der Waals surface area contributed by atoms with Crippen LogP contribution in [0.15, 0.2) is 5.51 Å². The Morgan fingerprint density at radius 3 is 2.31 bits per heavy atom. The maximum atomic E-state index is 5.95. The molecule has 1 fully saturated rings. The van der Waals surface area contributed by atoms with E-state index in [-0.39, 0.29) is 0 Å². The molecule has 0 spiro atoms. The van der Waals surface area contributed by atoms with Gasteiger partial charge in [0, 0.05) is 5.92 Å². The Labute approximate surface area is 102 Å². The first-order chi connectivity index (χ1) is 7.48. The van der Waals surface area contributed by atoms with E-state index in [1.165, 1.54) is 25.7 Å². The second-order valence-corrected chi connectivity index (χ2v) is 6.90. The lowest BCUT2D eigenvalue weighted by Crippen LogP contribution is -2.25. The van der Waals surface area contributed by atoms with Crippen molar-refractivity contribution < 1.29 is 0 Å². The molecule has 1 aliphatic carbocycles. The van der Waals surface area contributed by atoms with Gasteiger partial charge in [0.25, 0.3) is 0 Å². The molecular weight excluding hydrogens is 216 g/mol. The van der Waals surface area contributed by atoms with Crippen molar-refractivity contribution in [3.05, 3.63) is 11.2 Å². The number of hydrogen-bond acceptors (Lipinski definition) is 3. The van der Waals surface area contributed by atoms with Crippen LogP contribution in [0.25, 0.3) is 0 Å². The maximum Gasteiger partial charge on any atom is 0.109 e. The molecule has 1 heterocycles. The standard InChI is InChI=1S/C13H22N2S/c1-13(2,3)10-6-4-9(5-7-10)11-12(14)16-8-15-11/h8-10H,4-7,14H2,1-3H3. The van der Waals surface area contributed by atoms with Crippen LogP contribution in [-0.2, 0) is 0 Å². The minimum absolute atomic E-state index is 0.457. The highest BCUT2D eigenvalue weighted by atomic mass is 32.1. The molecule has 1 aromatic rings. The topological polar surface area (TPSA) is 38.9 Å². The summed E-state index contributed by atoms with van der Waals surface area (Å²) in [6, 6.07) is 0. The zero-order valence-corrected chi connectivity index (χ0v) is 11.3. The van der Waals surface area contributed by atoms with Crippen LogP contribution in [0.5, 0.6) is 0 Å². The molecule has 0 atom stereocenters. The Bertz CT molecular complexity index is 343. The third-order valence-electron chi connectivity index (χ3n) is 3.96. The number of hydrogen-bond donors (Lipinski definition) is 1. The average Bonchev–Trinajstić information content (AvgIpc) is 2.63. The Hall–Kier alpha value is -0.570. The fraction of sp³-hybridized carbons (Fsp3) is 0.769. The molecule has 0 aliphatic heterocycles. The Morgan fingerprint density at radius 2 is 1.88 bits per heavy atom. The van der Waals surface area contributed by atoms with Crippen LogP contribution in [0.4, 0.5) is 5.00 Å². The van der Waals surface area contributed by atoms with Crippen molar-refractivity contribution >= 4 is 16.3 Å². The van der Waals surface area contributed by atoms with Crippen molar-refractivity contribution in [2.24, 2.45) is 11.3 Å². The summed E-state index contributed by atoms with van der Waals surface area (Å²) >= 11 is 1.57. The molecule has 2 rings (SSSR count). The minimum atomic E-state index is 0.457. The molecule has 0 saturated heterocycles. The molecule has 0 bridgehead atoms. The fourth-order valence-electron chi connectivity index (χ4n) is 2.80. The first kappa shape index (κ1) is 11.9. The highest BCUT2D eigenvalue weighted by Gasteiger charge is 2.31. The van der Waals surface area contributed by atoms with Crippen molar-refractivity contribution in [3.8, 4) is 0 Å². The molecule has 16 heavy (non-hydrogen) atoms. The third-order valence-corrected chi connectivity index (χ3v) is 4.64. The van der Waals surface area contributed by atoms with E-state index in [1.807, 2.05) is 5.51 Å². The summed E-state index contributed by atoms with van der Waals surface area (Å²) in [5.41, 5.74) is 9.44. The molecular formula is C13H22N2S. The number of aromatic nitrogens is 1. The fourth-order valence-corrected chi connectivity index (χ4v) is 3.42. The van der Waals surface area contributed by atoms with Gasteiger partial charge in [0.15, 0.2) is 0 Å². The van der Waals surface area contributed by atoms with E-state index in [9.17, 15) is 0 Å². The summed E-state index contributed by atoms with van der Waals surface area (Å²) in [5.74, 6) is 1.48. The number of nitrogens with zero attached hydrogens (tertiary/aromatic N) is 1. The van der Waals surface area contributed by atoms with Gasteiger partial charge >= 0.3 is 0 Å². The van der Waals surface area contributed by atoms with Crippen LogP contribution in [0.1, 0.15) is 58.1 Å². The van der Waals surface area contributed by atoms with Gasteiger partial charge in [-0.3, -0.25) is 0 Å². The predicted octanol–water partition coefficient (Wildman–Crippen LogP) is 4.05. The molecule has 90 valence electrons. The molecule has 2 N–H and O–H groups in total. The lowest BCUT2D eigenvalue weighted by Gasteiger charge is -2.36. The van der Waals surface area contributed by atoms with Gasteiger partial charge in [-0.2, -0.15) is 0 Å². The van der Waals surface area contributed by atoms with Crippen molar-refractivity contribution in [2.45, 2.75) is 52.4 Å². The summed E-state index contributed by atoms with van der Waals surface area (Å²) in [6.45, 7) is 7.07. The predicted molar refractivity (Wildman–Crippen MR) is 70.7 cm³/mol. The average molecular weight is 238 g/mol. The SMILES string of the molecule is CC(C)(C)C1CCC(c2ncsc2N)CC1. The highest BCUT2D eigenvalue weighted by Crippen LogP contribution is 2.44. The van der Waals surface area contributed by atoms with Crippen molar-refractivity contribution in [1.29, 1.82) is 0 Å². The number of thiazole rings is 1. The quantitative estimate of drug-likeness (QED) is 0.801. The van der Waals surface area contributed by atoms with E-state index in [0.717, 1.165) is 16.6 Å². The molecule has 0 unspecified atom stereocenters. The van der Waals surface area contributed by atoms with Gasteiger partial charge in [-0.05, 0) is 37.0 Å². The monoisotopic (exact) mass is 238 g/mol. The molecule has 2 nitrogen and oxygen atoms in total. The van der Waals surface area contributed by atoms with Crippen LogP contribution >= 0.6 is 11.3 Å². The lowest BCUT2D eigenvalue weighted by atomic mass is 9.69. The van der Waals surface area contributed by atoms with E-state index in [2.05, 4.69) is 25.8 Å². The number of nitrogens with two attached hydrogens (primary N) is 1. The van der Waals surface area contributed by atoms with E-state index >= 15 is 0 Å².